The first-order valence-corrected chi connectivity index (χ1v) is 12.2. The normalized spacial score (nSPS) is 12.3. The van der Waals surface area contributed by atoms with Crippen molar-refractivity contribution in [3.63, 3.8) is 0 Å². The highest BCUT2D eigenvalue weighted by atomic mass is 32.2. The fourth-order valence-corrected chi connectivity index (χ4v) is 3.77. The van der Waals surface area contributed by atoms with Gasteiger partial charge in [0.25, 0.3) is 0 Å². The number of hydrogen-bond donors (Lipinski definition) is 1. The van der Waals surface area contributed by atoms with E-state index in [2.05, 4.69) is 5.32 Å². The summed E-state index contributed by atoms with van der Waals surface area (Å²) in [6, 6.07) is 12.2. The molecule has 0 fully saturated rings. The van der Waals surface area contributed by atoms with Crippen molar-refractivity contribution in [2.24, 2.45) is 0 Å². The van der Waals surface area contributed by atoms with Crippen LogP contribution in [0.3, 0.4) is 0 Å². The summed E-state index contributed by atoms with van der Waals surface area (Å²) in [5.74, 6) is 1.34. The van der Waals surface area contributed by atoms with Crippen molar-refractivity contribution in [2.45, 2.75) is 51.0 Å². The Kier molecular flexibility index (Phi) is 8.72. The number of aryl methyl sites for hydroxylation is 1. The molecular formula is C23H31NO5S. The van der Waals surface area contributed by atoms with Gasteiger partial charge in [0, 0.05) is 12.7 Å². The number of benzene rings is 2. The molecule has 0 aliphatic rings. The van der Waals surface area contributed by atoms with Crippen LogP contribution < -0.4 is 14.8 Å². The molecule has 6 nitrogen and oxygen atoms in total. The lowest BCUT2D eigenvalue weighted by molar-refractivity contribution is -0.121. The predicted octanol–water partition coefficient (Wildman–Crippen LogP) is 4.09. The van der Waals surface area contributed by atoms with Gasteiger partial charge in [-0.2, -0.15) is 0 Å². The highest BCUT2D eigenvalue weighted by molar-refractivity contribution is 7.90. The average Bonchev–Trinajstić information content (AvgIpc) is 2.72. The van der Waals surface area contributed by atoms with E-state index in [1.807, 2.05) is 39.0 Å². The molecule has 0 radical (unpaired) electrons. The minimum Gasteiger partial charge on any atom is -0.490 e. The Morgan fingerprint density at radius 2 is 1.60 bits per heavy atom. The molecule has 0 saturated carbocycles. The summed E-state index contributed by atoms with van der Waals surface area (Å²) in [6.07, 6.45) is 2.82. The molecule has 0 aliphatic heterocycles. The van der Waals surface area contributed by atoms with E-state index in [-0.39, 0.29) is 16.8 Å². The molecule has 164 valence electrons. The summed E-state index contributed by atoms with van der Waals surface area (Å²) in [7, 11) is -3.24. The van der Waals surface area contributed by atoms with E-state index < -0.39 is 9.84 Å². The quantitative estimate of drug-likeness (QED) is 0.577. The highest BCUT2D eigenvalue weighted by Crippen LogP contribution is 2.29. The standard InChI is InChI=1S/C23H31NO5S/c1-5-20(18-10-12-19(13-11-18)30(4,26)27)24-23(25)15-9-17-8-14-21(28-6-2)22(16-17)29-7-3/h8,10-14,16,20H,5-7,9,15H2,1-4H3,(H,24,25)/t20-/m1/s1. The fourth-order valence-electron chi connectivity index (χ4n) is 3.14. The first kappa shape index (κ1) is 23.7. The van der Waals surface area contributed by atoms with E-state index >= 15 is 0 Å². The molecule has 0 spiro atoms. The van der Waals surface area contributed by atoms with Gasteiger partial charge in [-0.1, -0.05) is 25.1 Å². The van der Waals surface area contributed by atoms with Crippen molar-refractivity contribution in [2.75, 3.05) is 19.5 Å². The van der Waals surface area contributed by atoms with Crippen molar-refractivity contribution in [1.82, 2.24) is 5.32 Å². The molecule has 0 aromatic heterocycles. The topological polar surface area (TPSA) is 81.7 Å². The second-order valence-corrected chi connectivity index (χ2v) is 9.03. The van der Waals surface area contributed by atoms with Crippen molar-refractivity contribution in [1.29, 1.82) is 0 Å². The van der Waals surface area contributed by atoms with Gasteiger partial charge in [-0.15, -0.1) is 0 Å². The molecule has 0 unspecified atom stereocenters. The number of hydrogen-bond acceptors (Lipinski definition) is 5. The van der Waals surface area contributed by atoms with Crippen LogP contribution in [-0.2, 0) is 21.1 Å². The van der Waals surface area contributed by atoms with Gasteiger partial charge < -0.3 is 14.8 Å². The third-order valence-corrected chi connectivity index (χ3v) is 5.83. The molecule has 2 aromatic rings. The van der Waals surface area contributed by atoms with Gasteiger partial charge in [0.2, 0.25) is 5.91 Å². The van der Waals surface area contributed by atoms with E-state index in [0.29, 0.717) is 44.0 Å². The number of carbonyl (C=O) groups excluding carboxylic acids is 1. The second kappa shape index (κ2) is 11.0. The van der Waals surface area contributed by atoms with Gasteiger partial charge in [-0.25, -0.2) is 8.42 Å². The molecule has 0 bridgehead atoms. The monoisotopic (exact) mass is 433 g/mol. The Balaban J connectivity index is 1.99. The SMILES string of the molecule is CCOc1ccc(CCC(=O)N[C@H](CC)c2ccc(S(C)(=O)=O)cc2)cc1OCC. The molecule has 7 heteroatoms. The maximum absolute atomic E-state index is 12.5. The largest absolute Gasteiger partial charge is 0.490 e. The van der Waals surface area contributed by atoms with E-state index in [0.717, 1.165) is 11.1 Å². The van der Waals surface area contributed by atoms with Crippen LogP contribution in [0.25, 0.3) is 0 Å². The first-order chi connectivity index (χ1) is 14.3. The first-order valence-electron chi connectivity index (χ1n) is 10.3. The van der Waals surface area contributed by atoms with Crippen LogP contribution in [0.4, 0.5) is 0 Å². The molecule has 0 aliphatic carbocycles. The van der Waals surface area contributed by atoms with Crippen molar-refractivity contribution < 1.29 is 22.7 Å². The number of nitrogens with one attached hydrogen (secondary N) is 1. The van der Waals surface area contributed by atoms with Crippen molar-refractivity contribution >= 4 is 15.7 Å². The molecule has 0 heterocycles. The number of rotatable bonds is 11. The summed E-state index contributed by atoms with van der Waals surface area (Å²) in [4.78, 5) is 12.8. The molecule has 1 amide bonds. The zero-order valence-corrected chi connectivity index (χ0v) is 18.9. The lowest BCUT2D eigenvalue weighted by Crippen LogP contribution is -2.28. The van der Waals surface area contributed by atoms with Gasteiger partial charge in [0.1, 0.15) is 0 Å². The summed E-state index contributed by atoms with van der Waals surface area (Å²) in [5.41, 5.74) is 1.89. The van der Waals surface area contributed by atoms with E-state index in [1.54, 1.807) is 24.3 Å². The summed E-state index contributed by atoms with van der Waals surface area (Å²) >= 11 is 0. The fraction of sp³-hybridized carbons (Fsp3) is 0.435. The minimum atomic E-state index is -3.24. The maximum Gasteiger partial charge on any atom is 0.220 e. The zero-order valence-electron chi connectivity index (χ0n) is 18.1. The second-order valence-electron chi connectivity index (χ2n) is 7.02. The predicted molar refractivity (Wildman–Crippen MR) is 118 cm³/mol. The number of ether oxygens (including phenoxy) is 2. The Morgan fingerprint density at radius 3 is 2.17 bits per heavy atom. The van der Waals surface area contributed by atoms with Crippen LogP contribution in [0.2, 0.25) is 0 Å². The van der Waals surface area contributed by atoms with Crippen LogP contribution in [0.1, 0.15) is 50.8 Å². The van der Waals surface area contributed by atoms with Gasteiger partial charge in [0.15, 0.2) is 21.3 Å². The van der Waals surface area contributed by atoms with Gasteiger partial charge in [-0.3, -0.25) is 4.79 Å². The van der Waals surface area contributed by atoms with Crippen molar-refractivity contribution in [3.05, 3.63) is 53.6 Å². The molecule has 0 saturated heterocycles. The lowest BCUT2D eigenvalue weighted by Gasteiger charge is -2.18. The summed E-state index contributed by atoms with van der Waals surface area (Å²) in [5, 5.41) is 3.04. The van der Waals surface area contributed by atoms with Gasteiger partial charge in [-0.05, 0) is 62.1 Å². The Bertz CT molecular complexity index is 939. The average molecular weight is 434 g/mol. The Hall–Kier alpha value is -2.54. The third-order valence-electron chi connectivity index (χ3n) is 4.70. The van der Waals surface area contributed by atoms with Crippen LogP contribution in [0.15, 0.2) is 47.4 Å². The third kappa shape index (κ3) is 6.76. The maximum atomic E-state index is 12.5. The number of sulfone groups is 1. The van der Waals surface area contributed by atoms with Gasteiger partial charge in [0.05, 0.1) is 24.2 Å². The Labute approximate surface area is 179 Å². The molecule has 1 atom stereocenters. The minimum absolute atomic E-state index is 0.0547. The number of carbonyl (C=O) groups is 1. The van der Waals surface area contributed by atoms with Crippen LogP contribution in [0.5, 0.6) is 11.5 Å². The van der Waals surface area contributed by atoms with Crippen molar-refractivity contribution in [3.8, 4) is 11.5 Å². The van der Waals surface area contributed by atoms with E-state index in [9.17, 15) is 13.2 Å². The molecule has 30 heavy (non-hydrogen) atoms. The summed E-state index contributed by atoms with van der Waals surface area (Å²) < 4.78 is 34.5. The van der Waals surface area contributed by atoms with Crippen LogP contribution >= 0.6 is 0 Å². The Morgan fingerprint density at radius 1 is 0.967 bits per heavy atom. The zero-order chi connectivity index (χ0) is 22.1. The number of amides is 1. The molecule has 2 rings (SSSR count). The van der Waals surface area contributed by atoms with E-state index in [1.165, 1.54) is 6.26 Å². The van der Waals surface area contributed by atoms with Crippen LogP contribution in [0, 0.1) is 0 Å². The van der Waals surface area contributed by atoms with Gasteiger partial charge >= 0.3 is 0 Å². The lowest BCUT2D eigenvalue weighted by atomic mass is 10.0. The smallest absolute Gasteiger partial charge is 0.220 e. The highest BCUT2D eigenvalue weighted by Gasteiger charge is 2.15. The van der Waals surface area contributed by atoms with E-state index in [4.69, 9.17) is 9.47 Å². The molecular weight excluding hydrogens is 402 g/mol. The van der Waals surface area contributed by atoms with Crippen LogP contribution in [-0.4, -0.2) is 33.8 Å². The summed E-state index contributed by atoms with van der Waals surface area (Å²) in [6.45, 7) is 6.93. The molecule has 1 N–H and O–H groups in total. The molecule has 2 aromatic carbocycles.